The molecule has 7 heteroatoms. The van der Waals surface area contributed by atoms with Crippen molar-refractivity contribution < 1.29 is 4.79 Å². The van der Waals surface area contributed by atoms with Gasteiger partial charge in [-0.05, 0) is 37.1 Å². The van der Waals surface area contributed by atoms with E-state index in [-0.39, 0.29) is 5.91 Å². The minimum atomic E-state index is -0.211. The minimum Gasteiger partial charge on any atom is -0.296 e. The number of aromatic nitrogens is 4. The third-order valence-electron chi connectivity index (χ3n) is 4.51. The average molecular weight is 373 g/mol. The average Bonchev–Trinajstić information content (AvgIpc) is 3.47. The number of carbonyl (C=O) groups excluding carboxylic acids is 1. The van der Waals surface area contributed by atoms with Crippen LogP contribution in [0.4, 0.5) is 5.13 Å². The standard InChI is InChI=1S/C20H15N5OS/c26-18(23-20-25-24-19(27-20)12-7-8-12)15-10-17(13-4-3-9-21-11-13)22-16-6-2-1-5-14(15)16/h1-6,9-12H,7-8H2,(H,23,25,26). The number of fused-ring (bicyclic) bond motifs is 1. The largest absolute Gasteiger partial charge is 0.296 e. The second-order valence-corrected chi connectivity index (χ2v) is 7.50. The molecule has 0 aliphatic heterocycles. The van der Waals surface area contributed by atoms with Gasteiger partial charge in [0.15, 0.2) is 0 Å². The van der Waals surface area contributed by atoms with Crippen molar-refractivity contribution in [1.82, 2.24) is 20.2 Å². The molecular weight excluding hydrogens is 358 g/mol. The second-order valence-electron chi connectivity index (χ2n) is 6.49. The summed E-state index contributed by atoms with van der Waals surface area (Å²) in [6, 6.07) is 13.2. The van der Waals surface area contributed by atoms with Gasteiger partial charge in [-0.25, -0.2) is 4.98 Å². The van der Waals surface area contributed by atoms with Gasteiger partial charge < -0.3 is 0 Å². The first kappa shape index (κ1) is 16.0. The maximum atomic E-state index is 13.0. The first-order valence-corrected chi connectivity index (χ1v) is 9.54. The summed E-state index contributed by atoms with van der Waals surface area (Å²) in [6.45, 7) is 0. The van der Waals surface area contributed by atoms with E-state index in [2.05, 4.69) is 25.5 Å². The van der Waals surface area contributed by atoms with E-state index in [1.165, 1.54) is 11.3 Å². The Morgan fingerprint density at radius 3 is 2.81 bits per heavy atom. The smallest absolute Gasteiger partial charge is 0.258 e. The second kappa shape index (κ2) is 6.51. The van der Waals surface area contributed by atoms with E-state index in [9.17, 15) is 4.79 Å². The lowest BCUT2D eigenvalue weighted by atomic mass is 10.0. The Bertz CT molecular complexity index is 1140. The molecule has 1 fully saturated rings. The molecule has 0 unspecified atom stereocenters. The summed E-state index contributed by atoms with van der Waals surface area (Å²) < 4.78 is 0. The number of carbonyl (C=O) groups is 1. The van der Waals surface area contributed by atoms with Crippen molar-refractivity contribution in [3.05, 3.63) is 65.4 Å². The van der Waals surface area contributed by atoms with Gasteiger partial charge in [0.05, 0.1) is 16.8 Å². The maximum Gasteiger partial charge on any atom is 0.258 e. The zero-order valence-corrected chi connectivity index (χ0v) is 15.1. The molecule has 0 saturated heterocycles. The van der Waals surface area contributed by atoms with Gasteiger partial charge in [0.2, 0.25) is 5.13 Å². The van der Waals surface area contributed by atoms with E-state index in [4.69, 9.17) is 0 Å². The SMILES string of the molecule is O=C(Nc1nnc(C2CC2)s1)c1cc(-c2cccnc2)nc2ccccc12. The molecule has 0 radical (unpaired) electrons. The number of pyridine rings is 2. The molecule has 27 heavy (non-hydrogen) atoms. The lowest BCUT2D eigenvalue weighted by Crippen LogP contribution is -2.13. The summed E-state index contributed by atoms with van der Waals surface area (Å²) in [5.41, 5.74) is 2.90. The molecule has 4 aromatic rings. The Balaban J connectivity index is 1.54. The van der Waals surface area contributed by atoms with E-state index in [1.54, 1.807) is 18.5 Å². The Kier molecular flexibility index (Phi) is 3.86. The predicted molar refractivity (Wildman–Crippen MR) is 105 cm³/mol. The fraction of sp³-hybridized carbons (Fsp3) is 0.150. The van der Waals surface area contributed by atoms with Gasteiger partial charge in [0.1, 0.15) is 5.01 Å². The van der Waals surface area contributed by atoms with Gasteiger partial charge in [-0.3, -0.25) is 15.1 Å². The summed E-state index contributed by atoms with van der Waals surface area (Å²) in [5, 5.41) is 13.5. The van der Waals surface area contributed by atoms with Crippen molar-refractivity contribution in [3.8, 4) is 11.3 Å². The molecule has 1 aromatic carbocycles. The molecule has 1 aliphatic rings. The van der Waals surface area contributed by atoms with Crippen LogP contribution in [0.15, 0.2) is 54.9 Å². The van der Waals surface area contributed by atoms with Crippen LogP contribution in [0.3, 0.4) is 0 Å². The Morgan fingerprint density at radius 2 is 2.00 bits per heavy atom. The number of para-hydroxylation sites is 1. The Hall–Kier alpha value is -3.19. The number of hydrogen-bond acceptors (Lipinski definition) is 6. The lowest BCUT2D eigenvalue weighted by molar-refractivity contribution is 0.102. The lowest BCUT2D eigenvalue weighted by Gasteiger charge is -2.09. The quantitative estimate of drug-likeness (QED) is 0.577. The predicted octanol–water partition coefficient (Wildman–Crippen LogP) is 4.28. The maximum absolute atomic E-state index is 13.0. The van der Waals surface area contributed by atoms with E-state index in [0.717, 1.165) is 34.3 Å². The van der Waals surface area contributed by atoms with Crippen LogP contribution in [-0.2, 0) is 0 Å². The van der Waals surface area contributed by atoms with Crippen LogP contribution in [0.2, 0.25) is 0 Å². The number of amides is 1. The number of nitrogens with zero attached hydrogens (tertiary/aromatic N) is 4. The molecule has 1 saturated carbocycles. The highest BCUT2D eigenvalue weighted by molar-refractivity contribution is 7.15. The van der Waals surface area contributed by atoms with Crippen molar-refractivity contribution in [1.29, 1.82) is 0 Å². The highest BCUT2D eigenvalue weighted by Crippen LogP contribution is 2.42. The summed E-state index contributed by atoms with van der Waals surface area (Å²) in [5.74, 6) is 0.310. The van der Waals surface area contributed by atoms with Crippen LogP contribution < -0.4 is 5.32 Å². The van der Waals surface area contributed by atoms with E-state index < -0.39 is 0 Å². The summed E-state index contributed by atoms with van der Waals surface area (Å²) in [6.07, 6.45) is 5.77. The molecule has 132 valence electrons. The van der Waals surface area contributed by atoms with Crippen molar-refractivity contribution in [2.24, 2.45) is 0 Å². The summed E-state index contributed by atoms with van der Waals surface area (Å²) in [7, 11) is 0. The number of anilines is 1. The summed E-state index contributed by atoms with van der Waals surface area (Å²) >= 11 is 1.45. The molecule has 1 aliphatic carbocycles. The highest BCUT2D eigenvalue weighted by atomic mass is 32.1. The van der Waals surface area contributed by atoms with Gasteiger partial charge in [0.25, 0.3) is 5.91 Å². The molecule has 3 aromatic heterocycles. The molecular formula is C20H15N5OS. The topological polar surface area (TPSA) is 80.7 Å². The van der Waals surface area contributed by atoms with Gasteiger partial charge >= 0.3 is 0 Å². The summed E-state index contributed by atoms with van der Waals surface area (Å²) in [4.78, 5) is 21.8. The fourth-order valence-electron chi connectivity index (χ4n) is 2.97. The molecule has 0 atom stereocenters. The molecule has 1 amide bonds. The zero-order chi connectivity index (χ0) is 18.2. The van der Waals surface area contributed by atoms with Crippen molar-refractivity contribution in [2.75, 3.05) is 5.32 Å². The molecule has 6 nitrogen and oxygen atoms in total. The van der Waals surface area contributed by atoms with Gasteiger partial charge in [-0.2, -0.15) is 0 Å². The molecule has 0 bridgehead atoms. The first-order chi connectivity index (χ1) is 13.3. The van der Waals surface area contributed by atoms with Crippen molar-refractivity contribution >= 4 is 33.3 Å². The van der Waals surface area contributed by atoms with Gasteiger partial charge in [0, 0.05) is 29.3 Å². The number of hydrogen-bond donors (Lipinski definition) is 1. The van der Waals surface area contributed by atoms with E-state index in [1.807, 2.05) is 36.4 Å². The molecule has 3 heterocycles. The Morgan fingerprint density at radius 1 is 1.11 bits per heavy atom. The van der Waals surface area contributed by atoms with Crippen LogP contribution in [-0.4, -0.2) is 26.1 Å². The highest BCUT2D eigenvalue weighted by Gasteiger charge is 2.28. The monoisotopic (exact) mass is 373 g/mol. The Labute approximate surface area is 159 Å². The number of nitrogens with one attached hydrogen (secondary N) is 1. The van der Waals surface area contributed by atoms with Gasteiger partial charge in [-0.15, -0.1) is 10.2 Å². The van der Waals surface area contributed by atoms with Crippen molar-refractivity contribution in [2.45, 2.75) is 18.8 Å². The number of rotatable bonds is 4. The first-order valence-electron chi connectivity index (χ1n) is 8.73. The third kappa shape index (κ3) is 3.17. The van der Waals surface area contributed by atoms with Crippen molar-refractivity contribution in [3.63, 3.8) is 0 Å². The molecule has 5 rings (SSSR count). The molecule has 1 N–H and O–H groups in total. The minimum absolute atomic E-state index is 0.211. The van der Waals surface area contributed by atoms with E-state index >= 15 is 0 Å². The van der Waals surface area contributed by atoms with Crippen LogP contribution >= 0.6 is 11.3 Å². The van der Waals surface area contributed by atoms with Crippen LogP contribution in [0.5, 0.6) is 0 Å². The van der Waals surface area contributed by atoms with Crippen LogP contribution in [0, 0.1) is 0 Å². The molecule has 0 spiro atoms. The fourth-order valence-corrected chi connectivity index (χ4v) is 3.88. The zero-order valence-electron chi connectivity index (χ0n) is 14.3. The van der Waals surface area contributed by atoms with Crippen LogP contribution in [0.1, 0.15) is 34.1 Å². The number of benzene rings is 1. The van der Waals surface area contributed by atoms with E-state index in [0.29, 0.717) is 22.3 Å². The van der Waals surface area contributed by atoms with Gasteiger partial charge in [-0.1, -0.05) is 29.5 Å². The normalized spacial score (nSPS) is 13.6. The third-order valence-corrected chi connectivity index (χ3v) is 5.51. The van der Waals surface area contributed by atoms with Crippen LogP contribution in [0.25, 0.3) is 22.2 Å².